The molecule has 1 aliphatic heterocycles. The summed E-state index contributed by atoms with van der Waals surface area (Å²) >= 11 is 3.38. The average molecular weight is 486 g/mol. The molecule has 1 atom stereocenters. The molecular weight excluding hydrogens is 458 g/mol. The molecule has 0 aliphatic carbocycles. The lowest BCUT2D eigenvalue weighted by molar-refractivity contribution is -0.0366. The quantitative estimate of drug-likeness (QED) is 0.387. The summed E-state index contributed by atoms with van der Waals surface area (Å²) in [5, 5.41) is 5.72. The average Bonchev–Trinajstić information content (AvgIpc) is 3.20. The van der Waals surface area contributed by atoms with Gasteiger partial charge in [-0.15, -0.1) is 0 Å². The highest BCUT2D eigenvalue weighted by Gasteiger charge is 2.18. The third-order valence-corrected chi connectivity index (χ3v) is 6.10. The first kappa shape index (κ1) is 21.8. The molecule has 0 saturated carbocycles. The van der Waals surface area contributed by atoms with E-state index in [-0.39, 0.29) is 12.3 Å². The number of hydrogen-bond donors (Lipinski definition) is 0. The standard InChI is InChI=1S/C24H28BrN3O3/c1-27(24(29)31-21-9-6-8-20(25)16-21)13-4-2-7-18-11-12-22-19(15-18)17-26-28(22)23-10-3-5-14-30-23/h6,8-9,11-12,15-17,23H,2-5,7,10,13-14H2,1H3. The predicted molar refractivity (Wildman–Crippen MR) is 124 cm³/mol. The fourth-order valence-electron chi connectivity index (χ4n) is 3.88. The summed E-state index contributed by atoms with van der Waals surface area (Å²) in [6.07, 6.45) is 7.89. The van der Waals surface area contributed by atoms with E-state index in [2.05, 4.69) is 39.2 Å². The number of carbonyl (C=O) groups is 1. The Balaban J connectivity index is 1.25. The fraction of sp³-hybridized carbons (Fsp3) is 0.417. The zero-order chi connectivity index (χ0) is 21.6. The van der Waals surface area contributed by atoms with E-state index < -0.39 is 0 Å². The Kier molecular flexibility index (Phi) is 7.25. The Morgan fingerprint density at radius 1 is 1.26 bits per heavy atom. The van der Waals surface area contributed by atoms with Gasteiger partial charge in [-0.25, -0.2) is 9.48 Å². The van der Waals surface area contributed by atoms with Gasteiger partial charge in [-0.2, -0.15) is 5.10 Å². The maximum absolute atomic E-state index is 12.2. The van der Waals surface area contributed by atoms with Crippen molar-refractivity contribution in [2.24, 2.45) is 0 Å². The van der Waals surface area contributed by atoms with Crippen LogP contribution in [0.25, 0.3) is 10.9 Å². The fourth-order valence-corrected chi connectivity index (χ4v) is 4.26. The largest absolute Gasteiger partial charge is 0.414 e. The number of unbranched alkanes of at least 4 members (excludes halogenated alkanes) is 1. The smallest absolute Gasteiger partial charge is 0.410 e. The number of fused-ring (bicyclic) bond motifs is 1. The molecule has 1 aliphatic rings. The van der Waals surface area contributed by atoms with E-state index in [1.165, 1.54) is 12.0 Å². The topological polar surface area (TPSA) is 56.6 Å². The Hall–Kier alpha value is -2.38. The van der Waals surface area contributed by atoms with Crippen molar-refractivity contribution in [2.45, 2.75) is 44.8 Å². The van der Waals surface area contributed by atoms with E-state index in [0.717, 1.165) is 54.1 Å². The molecule has 31 heavy (non-hydrogen) atoms. The zero-order valence-corrected chi connectivity index (χ0v) is 19.4. The highest BCUT2D eigenvalue weighted by Crippen LogP contribution is 2.27. The van der Waals surface area contributed by atoms with Gasteiger partial charge in [-0.1, -0.05) is 28.1 Å². The van der Waals surface area contributed by atoms with Crippen molar-refractivity contribution >= 4 is 32.9 Å². The van der Waals surface area contributed by atoms with Crippen LogP contribution < -0.4 is 4.74 Å². The summed E-state index contributed by atoms with van der Waals surface area (Å²) in [4.78, 5) is 13.9. The van der Waals surface area contributed by atoms with Crippen molar-refractivity contribution in [3.8, 4) is 5.75 Å². The summed E-state index contributed by atoms with van der Waals surface area (Å²) < 4.78 is 14.2. The van der Waals surface area contributed by atoms with Gasteiger partial charge in [0.05, 0.1) is 11.7 Å². The van der Waals surface area contributed by atoms with Crippen LogP contribution >= 0.6 is 15.9 Å². The molecule has 0 radical (unpaired) electrons. The summed E-state index contributed by atoms with van der Waals surface area (Å²) in [5.41, 5.74) is 2.42. The maximum atomic E-state index is 12.2. The van der Waals surface area contributed by atoms with Crippen molar-refractivity contribution in [1.29, 1.82) is 0 Å². The molecule has 1 fully saturated rings. The molecule has 6 nitrogen and oxygen atoms in total. The van der Waals surface area contributed by atoms with Crippen LogP contribution in [0.15, 0.2) is 53.1 Å². The Labute approximate surface area is 191 Å². The number of rotatable bonds is 7. The SMILES string of the molecule is CN(CCCCc1ccc2c(cnn2C2CCCCO2)c1)C(=O)Oc1cccc(Br)c1. The number of carbonyl (C=O) groups excluding carboxylic acids is 1. The molecule has 7 heteroatoms. The lowest BCUT2D eigenvalue weighted by Gasteiger charge is -2.23. The minimum Gasteiger partial charge on any atom is -0.410 e. The molecule has 4 rings (SSSR count). The van der Waals surface area contributed by atoms with Gasteiger partial charge in [0.25, 0.3) is 0 Å². The predicted octanol–water partition coefficient (Wildman–Crippen LogP) is 5.95. The number of aryl methyl sites for hydroxylation is 1. The van der Waals surface area contributed by atoms with Crippen molar-refractivity contribution in [1.82, 2.24) is 14.7 Å². The monoisotopic (exact) mass is 485 g/mol. The molecule has 3 aromatic rings. The summed E-state index contributed by atoms with van der Waals surface area (Å²) in [6, 6.07) is 13.8. The van der Waals surface area contributed by atoms with Crippen LogP contribution in [0, 0.1) is 0 Å². The Morgan fingerprint density at radius 3 is 2.97 bits per heavy atom. The van der Waals surface area contributed by atoms with Gasteiger partial charge in [0, 0.05) is 30.1 Å². The maximum Gasteiger partial charge on any atom is 0.414 e. The number of nitrogens with zero attached hydrogens (tertiary/aromatic N) is 3. The minimum atomic E-state index is -0.336. The van der Waals surface area contributed by atoms with Gasteiger partial charge in [-0.3, -0.25) is 0 Å². The van der Waals surface area contributed by atoms with Crippen molar-refractivity contribution in [3.05, 3.63) is 58.7 Å². The van der Waals surface area contributed by atoms with Gasteiger partial charge >= 0.3 is 6.09 Å². The van der Waals surface area contributed by atoms with E-state index >= 15 is 0 Å². The highest BCUT2D eigenvalue weighted by atomic mass is 79.9. The highest BCUT2D eigenvalue weighted by molar-refractivity contribution is 9.10. The molecule has 2 aromatic carbocycles. The molecule has 2 heterocycles. The number of benzene rings is 2. The third kappa shape index (κ3) is 5.66. The van der Waals surface area contributed by atoms with E-state index in [9.17, 15) is 4.79 Å². The second-order valence-corrected chi connectivity index (χ2v) is 8.92. The first-order valence-electron chi connectivity index (χ1n) is 10.9. The molecule has 0 spiro atoms. The number of aromatic nitrogens is 2. The second kappa shape index (κ2) is 10.3. The zero-order valence-electron chi connectivity index (χ0n) is 17.8. The van der Waals surface area contributed by atoms with Gasteiger partial charge in [0.15, 0.2) is 6.23 Å². The molecule has 1 saturated heterocycles. The van der Waals surface area contributed by atoms with E-state index in [0.29, 0.717) is 12.3 Å². The lowest BCUT2D eigenvalue weighted by Crippen LogP contribution is -2.30. The molecule has 1 amide bonds. The van der Waals surface area contributed by atoms with E-state index in [1.807, 2.05) is 23.0 Å². The van der Waals surface area contributed by atoms with Crippen LogP contribution in [0.2, 0.25) is 0 Å². The van der Waals surface area contributed by atoms with Crippen LogP contribution in [0.3, 0.4) is 0 Å². The van der Waals surface area contributed by atoms with Crippen LogP contribution in [0.1, 0.15) is 43.9 Å². The minimum absolute atomic E-state index is 0.0596. The van der Waals surface area contributed by atoms with Gasteiger partial charge in [-0.05, 0) is 74.4 Å². The van der Waals surface area contributed by atoms with Gasteiger partial charge < -0.3 is 14.4 Å². The number of ether oxygens (including phenoxy) is 2. The third-order valence-electron chi connectivity index (χ3n) is 5.61. The lowest BCUT2D eigenvalue weighted by atomic mass is 10.1. The first-order chi connectivity index (χ1) is 15.1. The van der Waals surface area contributed by atoms with Gasteiger partial charge in [0.2, 0.25) is 0 Å². The van der Waals surface area contributed by atoms with Crippen LogP contribution in [-0.2, 0) is 11.2 Å². The first-order valence-corrected chi connectivity index (χ1v) is 11.7. The molecular formula is C24H28BrN3O3. The summed E-state index contributed by atoms with van der Waals surface area (Å²) in [5.74, 6) is 0.540. The van der Waals surface area contributed by atoms with E-state index in [1.54, 1.807) is 24.1 Å². The normalized spacial score (nSPS) is 16.4. The second-order valence-electron chi connectivity index (χ2n) is 8.01. The summed E-state index contributed by atoms with van der Waals surface area (Å²) in [6.45, 7) is 1.47. The Bertz CT molecular complexity index is 1030. The van der Waals surface area contributed by atoms with Gasteiger partial charge in [0.1, 0.15) is 5.75 Å². The number of amides is 1. The van der Waals surface area contributed by atoms with Crippen LogP contribution in [0.4, 0.5) is 4.79 Å². The molecule has 164 valence electrons. The number of halogens is 1. The van der Waals surface area contributed by atoms with Crippen molar-refractivity contribution in [3.63, 3.8) is 0 Å². The van der Waals surface area contributed by atoms with Crippen molar-refractivity contribution in [2.75, 3.05) is 20.2 Å². The van der Waals surface area contributed by atoms with E-state index in [4.69, 9.17) is 9.47 Å². The van der Waals surface area contributed by atoms with Crippen LogP contribution in [0.5, 0.6) is 5.75 Å². The summed E-state index contributed by atoms with van der Waals surface area (Å²) in [7, 11) is 1.77. The molecule has 0 bridgehead atoms. The molecule has 1 unspecified atom stereocenters. The van der Waals surface area contributed by atoms with Crippen molar-refractivity contribution < 1.29 is 14.3 Å². The number of hydrogen-bond acceptors (Lipinski definition) is 4. The molecule has 1 aromatic heterocycles. The Morgan fingerprint density at radius 2 is 2.16 bits per heavy atom. The molecule has 0 N–H and O–H groups in total. The van der Waals surface area contributed by atoms with Crippen LogP contribution in [-0.4, -0.2) is 41.0 Å².